The third kappa shape index (κ3) is 5.78. The molecule has 5 nitrogen and oxygen atoms in total. The SMILES string of the molecule is O=C(COC(=O)c1ccc(Cl)nc1)Nc1ccc(SC(F)F)cc1. The third-order valence-corrected chi connectivity index (χ3v) is 3.61. The van der Waals surface area contributed by atoms with Crippen molar-refractivity contribution in [3.8, 4) is 0 Å². The number of pyridine rings is 1. The number of aromatic nitrogens is 1. The molecule has 0 bridgehead atoms. The summed E-state index contributed by atoms with van der Waals surface area (Å²) in [6, 6.07) is 8.73. The molecule has 0 aliphatic rings. The van der Waals surface area contributed by atoms with Crippen LogP contribution in [0.5, 0.6) is 0 Å². The van der Waals surface area contributed by atoms with Crippen LogP contribution in [0.15, 0.2) is 47.5 Å². The van der Waals surface area contributed by atoms with Crippen LogP contribution in [0.4, 0.5) is 14.5 Å². The predicted molar refractivity (Wildman–Crippen MR) is 86.5 cm³/mol. The van der Waals surface area contributed by atoms with Gasteiger partial charge in [-0.05, 0) is 36.4 Å². The maximum Gasteiger partial charge on any atom is 0.340 e. The second kappa shape index (κ2) is 8.60. The molecule has 2 aromatic rings. The van der Waals surface area contributed by atoms with Gasteiger partial charge in [-0.25, -0.2) is 9.78 Å². The molecule has 1 aromatic carbocycles. The van der Waals surface area contributed by atoms with Gasteiger partial charge in [0.25, 0.3) is 11.7 Å². The van der Waals surface area contributed by atoms with Crippen molar-refractivity contribution in [2.75, 3.05) is 11.9 Å². The smallest absolute Gasteiger partial charge is 0.340 e. The number of thioether (sulfide) groups is 1. The highest BCUT2D eigenvalue weighted by molar-refractivity contribution is 7.99. The summed E-state index contributed by atoms with van der Waals surface area (Å²) in [6.45, 7) is -0.491. The van der Waals surface area contributed by atoms with E-state index in [0.29, 0.717) is 22.3 Å². The quantitative estimate of drug-likeness (QED) is 0.474. The van der Waals surface area contributed by atoms with Crippen LogP contribution in [-0.2, 0) is 9.53 Å². The number of hydrogen-bond donors (Lipinski definition) is 1. The van der Waals surface area contributed by atoms with E-state index in [2.05, 4.69) is 10.3 Å². The predicted octanol–water partition coefficient (Wildman–Crippen LogP) is 3.85. The molecule has 24 heavy (non-hydrogen) atoms. The second-order valence-electron chi connectivity index (χ2n) is 4.40. The molecule has 0 saturated heterocycles. The van der Waals surface area contributed by atoms with Crippen molar-refractivity contribution in [3.05, 3.63) is 53.3 Å². The molecule has 0 radical (unpaired) electrons. The Morgan fingerprint density at radius 1 is 1.21 bits per heavy atom. The number of anilines is 1. The summed E-state index contributed by atoms with van der Waals surface area (Å²) in [4.78, 5) is 27.5. The molecule has 0 spiro atoms. The van der Waals surface area contributed by atoms with E-state index < -0.39 is 24.2 Å². The van der Waals surface area contributed by atoms with Crippen molar-refractivity contribution in [3.63, 3.8) is 0 Å². The zero-order valence-electron chi connectivity index (χ0n) is 12.0. The fourth-order valence-corrected chi connectivity index (χ4v) is 2.24. The maximum atomic E-state index is 12.2. The molecular formula is C15H11ClF2N2O3S. The van der Waals surface area contributed by atoms with E-state index in [-0.39, 0.29) is 10.7 Å². The van der Waals surface area contributed by atoms with Crippen LogP contribution in [0, 0.1) is 0 Å². The molecule has 1 heterocycles. The number of carbonyl (C=O) groups is 2. The van der Waals surface area contributed by atoms with Crippen molar-refractivity contribution in [1.29, 1.82) is 0 Å². The van der Waals surface area contributed by atoms with Gasteiger partial charge in [-0.2, -0.15) is 8.78 Å². The molecule has 0 fully saturated rings. The number of benzene rings is 1. The fourth-order valence-electron chi connectivity index (χ4n) is 1.63. The van der Waals surface area contributed by atoms with Crippen molar-refractivity contribution in [1.82, 2.24) is 4.98 Å². The van der Waals surface area contributed by atoms with Crippen molar-refractivity contribution >= 4 is 40.9 Å². The standard InChI is InChI=1S/C15H11ClF2N2O3S/c16-12-6-1-9(7-19-12)14(22)23-8-13(21)20-10-2-4-11(5-3-10)24-15(17)18/h1-7,15H,8H2,(H,20,21). The second-order valence-corrected chi connectivity index (χ2v) is 5.85. The van der Waals surface area contributed by atoms with Gasteiger partial charge in [-0.1, -0.05) is 23.4 Å². The minimum atomic E-state index is -2.51. The summed E-state index contributed by atoms with van der Waals surface area (Å²) in [5, 5.41) is 2.72. The lowest BCUT2D eigenvalue weighted by atomic mass is 10.3. The summed E-state index contributed by atoms with van der Waals surface area (Å²) in [7, 11) is 0. The van der Waals surface area contributed by atoms with Gasteiger partial charge in [0.05, 0.1) is 5.56 Å². The van der Waals surface area contributed by atoms with Gasteiger partial charge >= 0.3 is 5.97 Å². The first-order valence-electron chi connectivity index (χ1n) is 6.57. The Balaban J connectivity index is 1.82. The van der Waals surface area contributed by atoms with E-state index in [1.165, 1.54) is 42.6 Å². The van der Waals surface area contributed by atoms with E-state index >= 15 is 0 Å². The van der Waals surface area contributed by atoms with Crippen LogP contribution in [0.3, 0.4) is 0 Å². The highest BCUT2D eigenvalue weighted by Crippen LogP contribution is 2.26. The zero-order chi connectivity index (χ0) is 17.5. The molecule has 126 valence electrons. The van der Waals surface area contributed by atoms with E-state index in [1.54, 1.807) is 0 Å². The van der Waals surface area contributed by atoms with Crippen LogP contribution in [0.2, 0.25) is 5.15 Å². The highest BCUT2D eigenvalue weighted by atomic mass is 35.5. The Bertz CT molecular complexity index is 712. The topological polar surface area (TPSA) is 68.3 Å². The normalized spacial score (nSPS) is 10.5. The lowest BCUT2D eigenvalue weighted by Crippen LogP contribution is -2.20. The first kappa shape index (κ1) is 18.2. The number of alkyl halides is 2. The van der Waals surface area contributed by atoms with Crippen molar-refractivity contribution in [2.45, 2.75) is 10.7 Å². The zero-order valence-corrected chi connectivity index (χ0v) is 13.6. The van der Waals surface area contributed by atoms with Crippen LogP contribution in [0.25, 0.3) is 0 Å². The molecule has 0 aliphatic carbocycles. The Hall–Kier alpha value is -2.19. The van der Waals surface area contributed by atoms with Crippen LogP contribution >= 0.6 is 23.4 Å². The van der Waals surface area contributed by atoms with Gasteiger partial charge in [0.1, 0.15) is 5.15 Å². The number of ether oxygens (including phenoxy) is 1. The average molecular weight is 373 g/mol. The Labute approximate surface area is 145 Å². The summed E-state index contributed by atoms with van der Waals surface area (Å²) < 4.78 is 29.2. The molecule has 1 aromatic heterocycles. The first-order valence-corrected chi connectivity index (χ1v) is 7.83. The average Bonchev–Trinajstić information content (AvgIpc) is 2.54. The Kier molecular flexibility index (Phi) is 6.51. The number of hydrogen-bond acceptors (Lipinski definition) is 5. The van der Waals surface area contributed by atoms with Crippen molar-refractivity contribution < 1.29 is 23.1 Å². The van der Waals surface area contributed by atoms with E-state index in [1.807, 2.05) is 0 Å². The molecule has 0 saturated carbocycles. The van der Waals surface area contributed by atoms with Gasteiger partial charge in [-0.15, -0.1) is 0 Å². The van der Waals surface area contributed by atoms with Gasteiger partial charge in [-0.3, -0.25) is 4.79 Å². The number of amides is 1. The molecule has 0 aliphatic heterocycles. The number of carbonyl (C=O) groups excluding carboxylic acids is 2. The molecular weight excluding hydrogens is 362 g/mol. The summed E-state index contributed by atoms with van der Waals surface area (Å²) in [6.07, 6.45) is 1.24. The monoisotopic (exact) mass is 372 g/mol. The summed E-state index contributed by atoms with van der Waals surface area (Å²) in [5.74, 6) is -3.77. The molecule has 2 rings (SSSR count). The number of halogens is 3. The number of nitrogens with zero attached hydrogens (tertiary/aromatic N) is 1. The molecule has 1 N–H and O–H groups in total. The van der Waals surface area contributed by atoms with Gasteiger partial charge in [0.2, 0.25) is 0 Å². The Morgan fingerprint density at radius 2 is 1.92 bits per heavy atom. The largest absolute Gasteiger partial charge is 0.452 e. The number of nitrogens with one attached hydrogen (secondary N) is 1. The van der Waals surface area contributed by atoms with Crippen LogP contribution in [-0.4, -0.2) is 29.2 Å². The Morgan fingerprint density at radius 3 is 2.50 bits per heavy atom. The lowest BCUT2D eigenvalue weighted by molar-refractivity contribution is -0.119. The van der Waals surface area contributed by atoms with E-state index in [9.17, 15) is 18.4 Å². The minimum Gasteiger partial charge on any atom is -0.452 e. The molecule has 0 atom stereocenters. The summed E-state index contributed by atoms with van der Waals surface area (Å²) >= 11 is 6.01. The maximum absolute atomic E-state index is 12.2. The van der Waals surface area contributed by atoms with Crippen LogP contribution < -0.4 is 5.32 Å². The first-order chi connectivity index (χ1) is 11.4. The number of rotatable bonds is 6. The van der Waals surface area contributed by atoms with E-state index in [4.69, 9.17) is 16.3 Å². The fraction of sp³-hybridized carbons (Fsp3) is 0.133. The highest BCUT2D eigenvalue weighted by Gasteiger charge is 2.11. The van der Waals surface area contributed by atoms with Gasteiger partial charge < -0.3 is 10.1 Å². The minimum absolute atomic E-state index is 0.167. The van der Waals surface area contributed by atoms with Crippen molar-refractivity contribution in [2.24, 2.45) is 0 Å². The summed E-state index contributed by atoms with van der Waals surface area (Å²) in [5.41, 5.74) is 0.573. The third-order valence-electron chi connectivity index (χ3n) is 2.66. The molecule has 9 heteroatoms. The van der Waals surface area contributed by atoms with Gasteiger partial charge in [0, 0.05) is 16.8 Å². The molecule has 1 amide bonds. The lowest BCUT2D eigenvalue weighted by Gasteiger charge is -2.07. The van der Waals surface area contributed by atoms with E-state index in [0.717, 1.165) is 0 Å². The number of esters is 1. The van der Waals surface area contributed by atoms with Crippen LogP contribution in [0.1, 0.15) is 10.4 Å². The van der Waals surface area contributed by atoms with Gasteiger partial charge in [0.15, 0.2) is 6.61 Å². The molecule has 0 unspecified atom stereocenters.